The second kappa shape index (κ2) is 3.66. The van der Waals surface area contributed by atoms with Crippen molar-refractivity contribution in [3.63, 3.8) is 0 Å². The summed E-state index contributed by atoms with van der Waals surface area (Å²) in [5, 5.41) is 0. The van der Waals surface area contributed by atoms with E-state index in [-0.39, 0.29) is 6.10 Å². The minimum atomic E-state index is -2.27. The van der Waals surface area contributed by atoms with Gasteiger partial charge in [0.2, 0.25) is 0 Å². The fourth-order valence-electron chi connectivity index (χ4n) is 1.89. The van der Waals surface area contributed by atoms with E-state index in [1.54, 1.807) is 0 Å². The Morgan fingerprint density at radius 2 is 1.85 bits per heavy atom. The van der Waals surface area contributed by atoms with E-state index >= 15 is 0 Å². The lowest BCUT2D eigenvalue weighted by molar-refractivity contribution is -0.0314. The van der Waals surface area contributed by atoms with Crippen molar-refractivity contribution >= 4 is 8.80 Å². The lowest BCUT2D eigenvalue weighted by Gasteiger charge is -2.39. The Morgan fingerprint density at radius 1 is 1.23 bits per heavy atom. The molecule has 0 aliphatic carbocycles. The monoisotopic (exact) mass is 203 g/mol. The van der Waals surface area contributed by atoms with Crippen molar-refractivity contribution in [3.8, 4) is 0 Å². The molecule has 4 nitrogen and oxygen atoms in total. The first-order chi connectivity index (χ1) is 6.18. The summed E-state index contributed by atoms with van der Waals surface area (Å²) >= 11 is 0. The van der Waals surface area contributed by atoms with Crippen molar-refractivity contribution in [1.29, 1.82) is 0 Å². The molecule has 3 heterocycles. The minimum absolute atomic E-state index is 0.234. The molecular formula is C8H17NO3Si. The van der Waals surface area contributed by atoms with Crippen LogP contribution in [-0.2, 0) is 13.3 Å². The second-order valence-corrected chi connectivity index (χ2v) is 6.33. The molecule has 3 aliphatic rings. The first kappa shape index (κ1) is 9.61. The third-order valence-corrected chi connectivity index (χ3v) is 4.76. The molecule has 0 saturated carbocycles. The van der Waals surface area contributed by atoms with Crippen LogP contribution in [0.25, 0.3) is 0 Å². The quantitative estimate of drug-likeness (QED) is 0.531. The van der Waals surface area contributed by atoms with Gasteiger partial charge in [-0.05, 0) is 6.92 Å². The molecule has 0 aromatic rings. The van der Waals surface area contributed by atoms with Gasteiger partial charge in [-0.2, -0.15) is 0 Å². The van der Waals surface area contributed by atoms with Crippen molar-refractivity contribution < 1.29 is 13.3 Å². The molecule has 0 aromatic carbocycles. The van der Waals surface area contributed by atoms with Crippen molar-refractivity contribution in [1.82, 2.24) is 4.90 Å². The predicted molar refractivity (Wildman–Crippen MR) is 50.5 cm³/mol. The van der Waals surface area contributed by atoms with E-state index in [2.05, 4.69) is 11.8 Å². The zero-order chi connectivity index (χ0) is 9.31. The summed E-state index contributed by atoms with van der Waals surface area (Å²) in [5.41, 5.74) is 0. The summed E-state index contributed by atoms with van der Waals surface area (Å²) in [6.07, 6.45) is 0.234. The molecule has 1 atom stereocenters. The molecule has 76 valence electrons. The van der Waals surface area contributed by atoms with Crippen LogP contribution in [0.3, 0.4) is 0 Å². The summed E-state index contributed by atoms with van der Waals surface area (Å²) < 4.78 is 17.1. The average Bonchev–Trinajstić information content (AvgIpc) is 1.96. The van der Waals surface area contributed by atoms with Gasteiger partial charge in [0.1, 0.15) is 0 Å². The molecule has 0 spiro atoms. The van der Waals surface area contributed by atoms with Gasteiger partial charge in [0.15, 0.2) is 0 Å². The van der Waals surface area contributed by atoms with Gasteiger partial charge < -0.3 is 13.3 Å². The van der Waals surface area contributed by atoms with Crippen LogP contribution in [0, 0.1) is 0 Å². The zero-order valence-corrected chi connectivity index (χ0v) is 9.28. The molecule has 13 heavy (non-hydrogen) atoms. The van der Waals surface area contributed by atoms with Crippen LogP contribution in [0.4, 0.5) is 0 Å². The molecule has 1 unspecified atom stereocenters. The fourth-order valence-corrected chi connectivity index (χ4v) is 3.84. The topological polar surface area (TPSA) is 30.9 Å². The van der Waals surface area contributed by atoms with Crippen molar-refractivity contribution in [2.24, 2.45) is 0 Å². The SMILES string of the molecule is CC1CN2CCO[Si](C)(OCC2)O1. The van der Waals surface area contributed by atoms with Gasteiger partial charge in [-0.1, -0.05) is 0 Å². The van der Waals surface area contributed by atoms with Gasteiger partial charge in [-0.15, -0.1) is 0 Å². The lowest BCUT2D eigenvalue weighted by atomic mass is 10.3. The molecule has 3 rings (SSSR count). The Balaban J connectivity index is 2.11. The van der Waals surface area contributed by atoms with Gasteiger partial charge in [0.25, 0.3) is 0 Å². The van der Waals surface area contributed by atoms with Crippen molar-refractivity contribution in [2.75, 3.05) is 32.8 Å². The molecule has 3 saturated heterocycles. The highest BCUT2D eigenvalue weighted by molar-refractivity contribution is 6.59. The molecule has 0 N–H and O–H groups in total. The highest BCUT2D eigenvalue weighted by Crippen LogP contribution is 2.18. The van der Waals surface area contributed by atoms with Crippen LogP contribution < -0.4 is 0 Å². The van der Waals surface area contributed by atoms with Crippen molar-refractivity contribution in [3.05, 3.63) is 0 Å². The Bertz CT molecular complexity index is 180. The number of rotatable bonds is 0. The molecule has 0 amide bonds. The highest BCUT2D eigenvalue weighted by Gasteiger charge is 2.40. The molecule has 0 radical (unpaired) electrons. The summed E-state index contributed by atoms with van der Waals surface area (Å²) in [4.78, 5) is 2.33. The van der Waals surface area contributed by atoms with Gasteiger partial charge in [0.05, 0.1) is 19.3 Å². The van der Waals surface area contributed by atoms with Crippen LogP contribution in [-0.4, -0.2) is 52.7 Å². The Kier molecular flexibility index (Phi) is 2.71. The van der Waals surface area contributed by atoms with Gasteiger partial charge in [0, 0.05) is 26.2 Å². The second-order valence-electron chi connectivity index (χ2n) is 3.79. The number of fused-ring (bicyclic) bond motifs is 6. The van der Waals surface area contributed by atoms with E-state index in [0.29, 0.717) is 0 Å². The van der Waals surface area contributed by atoms with Crippen LogP contribution in [0.5, 0.6) is 0 Å². The molecule has 0 aromatic heterocycles. The van der Waals surface area contributed by atoms with Crippen molar-refractivity contribution in [2.45, 2.75) is 19.6 Å². The normalized spacial score (nSPS) is 46.6. The van der Waals surface area contributed by atoms with Crippen LogP contribution in [0.15, 0.2) is 0 Å². The van der Waals surface area contributed by atoms with E-state index < -0.39 is 8.80 Å². The Hall–Kier alpha value is 0.0569. The minimum Gasteiger partial charge on any atom is -0.372 e. The summed E-state index contributed by atoms with van der Waals surface area (Å²) in [5.74, 6) is 0. The van der Waals surface area contributed by atoms with E-state index in [4.69, 9.17) is 13.3 Å². The van der Waals surface area contributed by atoms with E-state index in [0.717, 1.165) is 32.8 Å². The van der Waals surface area contributed by atoms with Gasteiger partial charge in [-0.3, -0.25) is 4.90 Å². The molecule has 3 fully saturated rings. The third-order valence-electron chi connectivity index (χ3n) is 2.47. The third kappa shape index (κ3) is 2.29. The summed E-state index contributed by atoms with van der Waals surface area (Å²) in [7, 11) is -2.27. The largest absolute Gasteiger partial charge is 0.498 e. The Labute approximate surface area is 80.1 Å². The smallest absolute Gasteiger partial charge is 0.372 e. The molecule has 3 aliphatic heterocycles. The molecule has 5 heteroatoms. The number of hydrogen-bond donors (Lipinski definition) is 0. The van der Waals surface area contributed by atoms with Crippen LogP contribution in [0.1, 0.15) is 6.92 Å². The maximum absolute atomic E-state index is 5.80. The number of hydrogen-bond acceptors (Lipinski definition) is 4. The van der Waals surface area contributed by atoms with E-state index in [1.165, 1.54) is 0 Å². The van der Waals surface area contributed by atoms with E-state index in [1.807, 2.05) is 6.55 Å². The predicted octanol–water partition coefficient (Wildman–Crippen LogP) is 0.323. The van der Waals surface area contributed by atoms with Gasteiger partial charge in [-0.25, -0.2) is 0 Å². The maximum Gasteiger partial charge on any atom is 0.498 e. The first-order valence-electron chi connectivity index (χ1n) is 4.86. The first-order valence-corrected chi connectivity index (χ1v) is 7.08. The zero-order valence-electron chi connectivity index (χ0n) is 8.28. The maximum atomic E-state index is 5.80. The molecule has 2 bridgehead atoms. The lowest BCUT2D eigenvalue weighted by Crippen LogP contribution is -2.55. The summed E-state index contributed by atoms with van der Waals surface area (Å²) in [6, 6.07) is 0. The van der Waals surface area contributed by atoms with Crippen LogP contribution >= 0.6 is 0 Å². The number of nitrogens with zero attached hydrogens (tertiary/aromatic N) is 1. The molecular weight excluding hydrogens is 186 g/mol. The Morgan fingerprint density at radius 3 is 2.46 bits per heavy atom. The van der Waals surface area contributed by atoms with E-state index in [9.17, 15) is 0 Å². The van der Waals surface area contributed by atoms with Crippen LogP contribution in [0.2, 0.25) is 6.55 Å². The standard InChI is InChI=1S/C8H17NO3Si/c1-8-7-9-3-5-10-13(2,12-8)11-6-4-9/h8H,3-7H2,1-2H3. The van der Waals surface area contributed by atoms with Gasteiger partial charge >= 0.3 is 8.80 Å². The average molecular weight is 203 g/mol. The summed E-state index contributed by atoms with van der Waals surface area (Å²) in [6.45, 7) is 8.60. The fraction of sp³-hybridized carbons (Fsp3) is 1.00. The highest BCUT2D eigenvalue weighted by atomic mass is 28.4.